The maximum atomic E-state index is 11.0. The molecule has 0 aliphatic carbocycles. The highest BCUT2D eigenvalue weighted by Crippen LogP contribution is 2.29. The van der Waals surface area contributed by atoms with E-state index in [0.717, 1.165) is 33.0 Å². The second-order valence-corrected chi connectivity index (χ2v) is 5.75. The van der Waals surface area contributed by atoms with Crippen LogP contribution in [0.5, 0.6) is 5.75 Å². The Morgan fingerprint density at radius 2 is 1.75 bits per heavy atom. The minimum absolute atomic E-state index is 0.00764. The summed E-state index contributed by atoms with van der Waals surface area (Å²) in [7, 11) is 0. The summed E-state index contributed by atoms with van der Waals surface area (Å²) < 4.78 is 10.8. The number of rotatable bonds is 4. The molecule has 1 aromatic heterocycles. The Labute approximate surface area is 138 Å². The summed E-state index contributed by atoms with van der Waals surface area (Å²) in [6, 6.07) is 18.1. The third-order valence-electron chi connectivity index (χ3n) is 3.92. The second kappa shape index (κ2) is 5.81. The first-order chi connectivity index (χ1) is 11.7. The van der Waals surface area contributed by atoms with Gasteiger partial charge in [-0.05, 0) is 59.2 Å². The molecule has 0 atom stereocenters. The van der Waals surface area contributed by atoms with Gasteiger partial charge in [-0.3, -0.25) is 4.79 Å². The number of benzene rings is 3. The van der Waals surface area contributed by atoms with Gasteiger partial charge < -0.3 is 9.15 Å². The molecule has 4 heteroatoms. The molecule has 0 N–H and O–H groups in total. The van der Waals surface area contributed by atoms with Crippen LogP contribution in [0.4, 0.5) is 0 Å². The van der Waals surface area contributed by atoms with Crippen molar-refractivity contribution in [2.75, 3.05) is 6.61 Å². The first-order valence-electron chi connectivity index (χ1n) is 7.69. The molecule has 1 heterocycles. The van der Waals surface area contributed by atoms with Crippen molar-refractivity contribution in [2.24, 2.45) is 0 Å². The van der Waals surface area contributed by atoms with Gasteiger partial charge in [0.05, 0.1) is 0 Å². The normalized spacial score (nSPS) is 11.0. The minimum Gasteiger partial charge on any atom is -0.486 e. The van der Waals surface area contributed by atoms with E-state index in [-0.39, 0.29) is 12.4 Å². The van der Waals surface area contributed by atoms with Gasteiger partial charge in [-0.2, -0.15) is 0 Å². The molecule has 4 rings (SSSR count). The van der Waals surface area contributed by atoms with Gasteiger partial charge in [-0.15, -0.1) is 0 Å². The lowest BCUT2D eigenvalue weighted by atomic mass is 10.0. The van der Waals surface area contributed by atoms with E-state index in [4.69, 9.17) is 9.15 Å². The van der Waals surface area contributed by atoms with Gasteiger partial charge in [-0.1, -0.05) is 24.3 Å². The van der Waals surface area contributed by atoms with E-state index in [1.165, 1.54) is 13.3 Å². The number of nitrogens with zero attached hydrogens (tertiary/aromatic N) is 1. The van der Waals surface area contributed by atoms with Crippen LogP contribution in [0, 0.1) is 0 Å². The fourth-order valence-corrected chi connectivity index (χ4v) is 2.71. The third-order valence-corrected chi connectivity index (χ3v) is 3.92. The average Bonchev–Trinajstić information content (AvgIpc) is 3.07. The topological polar surface area (TPSA) is 52.3 Å². The fourth-order valence-electron chi connectivity index (χ4n) is 2.71. The molecular weight excluding hydrogens is 302 g/mol. The van der Waals surface area contributed by atoms with Crippen LogP contribution in [0.25, 0.3) is 33.0 Å². The number of hydrogen-bond acceptors (Lipinski definition) is 4. The predicted octanol–water partition coefficient (Wildman–Crippen LogP) is 4.62. The molecule has 0 fully saturated rings. The average molecular weight is 317 g/mol. The van der Waals surface area contributed by atoms with E-state index in [1.807, 2.05) is 36.4 Å². The highest BCUT2D eigenvalue weighted by Gasteiger charge is 2.05. The monoisotopic (exact) mass is 317 g/mol. The lowest BCUT2D eigenvalue weighted by molar-refractivity contribution is -0.118. The standard InChI is InChI=1S/C20H15NO3/c1-13(22)11-23-18-6-4-15-8-14(2-3-16(15)9-18)17-5-7-19-20(10-17)24-12-21-19/h2-10,12H,11H2,1H3. The molecule has 0 radical (unpaired) electrons. The van der Waals surface area contributed by atoms with Crippen molar-refractivity contribution in [2.45, 2.75) is 6.92 Å². The fraction of sp³-hybridized carbons (Fsp3) is 0.100. The minimum atomic E-state index is 0.00764. The number of hydrogen-bond donors (Lipinski definition) is 0. The molecule has 0 spiro atoms. The summed E-state index contributed by atoms with van der Waals surface area (Å²) in [6.45, 7) is 1.61. The molecule has 118 valence electrons. The number of Topliss-reactive ketones (excluding diaryl/α,β-unsaturated/α-hetero) is 1. The van der Waals surface area contributed by atoms with Crippen molar-refractivity contribution in [1.29, 1.82) is 0 Å². The lowest BCUT2D eigenvalue weighted by Crippen LogP contribution is -2.06. The van der Waals surface area contributed by atoms with Crippen LogP contribution in [0.2, 0.25) is 0 Å². The Morgan fingerprint density at radius 1 is 1.00 bits per heavy atom. The summed E-state index contributed by atoms with van der Waals surface area (Å²) in [5.74, 6) is 0.710. The zero-order valence-electron chi connectivity index (χ0n) is 13.2. The molecule has 0 saturated heterocycles. The van der Waals surface area contributed by atoms with E-state index in [0.29, 0.717) is 5.75 Å². The Balaban J connectivity index is 1.69. The number of fused-ring (bicyclic) bond motifs is 2. The predicted molar refractivity (Wildman–Crippen MR) is 93.1 cm³/mol. The van der Waals surface area contributed by atoms with Gasteiger partial charge in [0.1, 0.15) is 17.9 Å². The molecule has 0 unspecified atom stereocenters. The quantitative estimate of drug-likeness (QED) is 0.551. The van der Waals surface area contributed by atoms with E-state index in [9.17, 15) is 4.79 Å². The number of aromatic nitrogens is 1. The van der Waals surface area contributed by atoms with Crippen LogP contribution in [-0.4, -0.2) is 17.4 Å². The van der Waals surface area contributed by atoms with Gasteiger partial charge in [0.15, 0.2) is 17.8 Å². The number of ether oxygens (including phenoxy) is 1. The van der Waals surface area contributed by atoms with E-state index >= 15 is 0 Å². The SMILES string of the molecule is CC(=O)COc1ccc2cc(-c3ccc4ncoc4c3)ccc2c1. The van der Waals surface area contributed by atoms with Crippen LogP contribution < -0.4 is 4.74 Å². The molecule has 3 aromatic carbocycles. The summed E-state index contributed by atoms with van der Waals surface area (Å²) in [6.07, 6.45) is 1.46. The highest BCUT2D eigenvalue weighted by atomic mass is 16.5. The number of oxazole rings is 1. The van der Waals surface area contributed by atoms with Crippen molar-refractivity contribution >= 4 is 27.7 Å². The van der Waals surface area contributed by atoms with Crippen molar-refractivity contribution < 1.29 is 13.9 Å². The molecule has 4 nitrogen and oxygen atoms in total. The second-order valence-electron chi connectivity index (χ2n) is 5.75. The smallest absolute Gasteiger partial charge is 0.181 e. The first-order valence-corrected chi connectivity index (χ1v) is 7.69. The van der Waals surface area contributed by atoms with Crippen LogP contribution >= 0.6 is 0 Å². The zero-order chi connectivity index (χ0) is 16.5. The van der Waals surface area contributed by atoms with Gasteiger partial charge >= 0.3 is 0 Å². The van der Waals surface area contributed by atoms with E-state index < -0.39 is 0 Å². The van der Waals surface area contributed by atoms with E-state index in [2.05, 4.69) is 23.2 Å². The Bertz CT molecular complexity index is 1050. The first kappa shape index (κ1) is 14.5. The molecule has 24 heavy (non-hydrogen) atoms. The van der Waals surface area contributed by atoms with Crippen LogP contribution in [0.1, 0.15) is 6.92 Å². The highest BCUT2D eigenvalue weighted by molar-refractivity contribution is 5.90. The third kappa shape index (κ3) is 2.74. The largest absolute Gasteiger partial charge is 0.486 e. The summed E-state index contributed by atoms with van der Waals surface area (Å²) in [4.78, 5) is 15.2. The molecule has 0 bridgehead atoms. The van der Waals surface area contributed by atoms with Crippen LogP contribution in [0.3, 0.4) is 0 Å². The van der Waals surface area contributed by atoms with Gasteiger partial charge in [0, 0.05) is 0 Å². The van der Waals surface area contributed by atoms with Crippen molar-refractivity contribution in [3.8, 4) is 16.9 Å². The Kier molecular flexibility index (Phi) is 3.50. The molecule has 4 aromatic rings. The number of carbonyl (C=O) groups excluding carboxylic acids is 1. The zero-order valence-corrected chi connectivity index (χ0v) is 13.2. The number of ketones is 1. The maximum Gasteiger partial charge on any atom is 0.181 e. The Hall–Kier alpha value is -3.14. The summed E-state index contributed by atoms with van der Waals surface area (Å²) in [5, 5.41) is 2.18. The molecule has 0 aliphatic heterocycles. The molecule has 0 amide bonds. The number of carbonyl (C=O) groups is 1. The Morgan fingerprint density at radius 3 is 2.62 bits per heavy atom. The van der Waals surface area contributed by atoms with Crippen LogP contribution in [-0.2, 0) is 4.79 Å². The lowest BCUT2D eigenvalue weighted by Gasteiger charge is -2.07. The van der Waals surface area contributed by atoms with E-state index in [1.54, 1.807) is 0 Å². The van der Waals surface area contributed by atoms with Crippen molar-refractivity contribution in [3.05, 3.63) is 61.0 Å². The van der Waals surface area contributed by atoms with Gasteiger partial charge in [-0.25, -0.2) is 4.98 Å². The van der Waals surface area contributed by atoms with Gasteiger partial charge in [0.2, 0.25) is 0 Å². The van der Waals surface area contributed by atoms with Gasteiger partial charge in [0.25, 0.3) is 0 Å². The van der Waals surface area contributed by atoms with Crippen molar-refractivity contribution in [1.82, 2.24) is 4.98 Å². The molecular formula is C20H15NO3. The van der Waals surface area contributed by atoms with Crippen molar-refractivity contribution in [3.63, 3.8) is 0 Å². The summed E-state index contributed by atoms with van der Waals surface area (Å²) >= 11 is 0. The summed E-state index contributed by atoms with van der Waals surface area (Å²) in [5.41, 5.74) is 3.82. The maximum absolute atomic E-state index is 11.0. The van der Waals surface area contributed by atoms with Crippen LogP contribution in [0.15, 0.2) is 65.4 Å². The molecule has 0 aliphatic rings. The molecule has 0 saturated carbocycles.